The predicted octanol–water partition coefficient (Wildman–Crippen LogP) is 3.91. The van der Waals surface area contributed by atoms with Crippen molar-refractivity contribution < 1.29 is 0 Å². The smallest absolute Gasteiger partial charge is 0.0233 e. The molecule has 1 unspecified atom stereocenters. The average Bonchev–Trinajstić information content (AvgIpc) is 2.39. The lowest BCUT2D eigenvalue weighted by Gasteiger charge is -2.27. The van der Waals surface area contributed by atoms with Crippen LogP contribution in [0.5, 0.6) is 0 Å². The molecule has 2 heteroatoms. The first-order valence-corrected chi connectivity index (χ1v) is 7.89. The highest BCUT2D eigenvalue weighted by molar-refractivity contribution is 5.22. The number of hydrogen-bond acceptors (Lipinski definition) is 2. The van der Waals surface area contributed by atoms with Crippen molar-refractivity contribution in [3.05, 3.63) is 35.4 Å². The standard InChI is InChI=1S/C18H32N2/c1-14(2)11-19-12-17-7-9-18(10-8-17)13-20(6)16(5)15(3)4/h7-10,14-16,19H,11-13H2,1-6H3. The van der Waals surface area contributed by atoms with Crippen LogP contribution in [0.3, 0.4) is 0 Å². The molecule has 0 aliphatic rings. The van der Waals surface area contributed by atoms with Crippen molar-refractivity contribution in [1.29, 1.82) is 0 Å². The molecule has 1 atom stereocenters. The molecule has 0 fully saturated rings. The van der Waals surface area contributed by atoms with Gasteiger partial charge in [-0.1, -0.05) is 52.0 Å². The van der Waals surface area contributed by atoms with E-state index in [2.05, 4.69) is 76.1 Å². The SMILES string of the molecule is CC(C)CNCc1ccc(CN(C)C(C)C(C)C)cc1. The lowest BCUT2D eigenvalue weighted by atomic mass is 10.0. The topological polar surface area (TPSA) is 15.3 Å². The molecule has 0 amide bonds. The van der Waals surface area contributed by atoms with Crippen molar-refractivity contribution >= 4 is 0 Å². The summed E-state index contributed by atoms with van der Waals surface area (Å²) in [5, 5.41) is 3.48. The zero-order valence-corrected chi connectivity index (χ0v) is 14.1. The van der Waals surface area contributed by atoms with Gasteiger partial charge < -0.3 is 5.32 Å². The van der Waals surface area contributed by atoms with Crippen molar-refractivity contribution in [1.82, 2.24) is 10.2 Å². The van der Waals surface area contributed by atoms with Crippen LogP contribution >= 0.6 is 0 Å². The van der Waals surface area contributed by atoms with E-state index in [1.165, 1.54) is 11.1 Å². The number of rotatable bonds is 8. The third kappa shape index (κ3) is 6.06. The molecule has 0 radical (unpaired) electrons. The van der Waals surface area contributed by atoms with Crippen molar-refractivity contribution in [2.75, 3.05) is 13.6 Å². The molecule has 114 valence electrons. The van der Waals surface area contributed by atoms with Crippen LogP contribution in [0.25, 0.3) is 0 Å². The summed E-state index contributed by atoms with van der Waals surface area (Å²) in [4.78, 5) is 2.43. The average molecular weight is 276 g/mol. The Morgan fingerprint density at radius 3 is 2.00 bits per heavy atom. The molecule has 0 aliphatic heterocycles. The Bertz CT molecular complexity index is 368. The highest BCUT2D eigenvalue weighted by Gasteiger charge is 2.12. The summed E-state index contributed by atoms with van der Waals surface area (Å²) in [6.07, 6.45) is 0. The monoisotopic (exact) mass is 276 g/mol. The fourth-order valence-corrected chi connectivity index (χ4v) is 2.21. The number of nitrogens with one attached hydrogen (secondary N) is 1. The van der Waals surface area contributed by atoms with Gasteiger partial charge in [0.1, 0.15) is 0 Å². The van der Waals surface area contributed by atoms with Crippen LogP contribution in [0.1, 0.15) is 45.7 Å². The second kappa shape index (κ2) is 8.43. The highest BCUT2D eigenvalue weighted by atomic mass is 15.1. The highest BCUT2D eigenvalue weighted by Crippen LogP contribution is 2.13. The normalized spacial score (nSPS) is 13.4. The van der Waals surface area contributed by atoms with Gasteiger partial charge in [0.15, 0.2) is 0 Å². The van der Waals surface area contributed by atoms with E-state index in [0.29, 0.717) is 17.9 Å². The van der Waals surface area contributed by atoms with Crippen molar-refractivity contribution in [2.24, 2.45) is 11.8 Å². The first-order chi connectivity index (χ1) is 9.40. The van der Waals surface area contributed by atoms with E-state index in [1.807, 2.05) is 0 Å². The third-order valence-electron chi connectivity index (χ3n) is 4.00. The Kier molecular flexibility index (Phi) is 7.25. The van der Waals surface area contributed by atoms with Crippen LogP contribution in [-0.4, -0.2) is 24.5 Å². The number of nitrogens with zero attached hydrogens (tertiary/aromatic N) is 1. The molecular weight excluding hydrogens is 244 g/mol. The zero-order chi connectivity index (χ0) is 15.1. The minimum atomic E-state index is 0.613. The molecule has 0 aliphatic carbocycles. The van der Waals surface area contributed by atoms with Crippen LogP contribution in [0, 0.1) is 11.8 Å². The Morgan fingerprint density at radius 2 is 1.50 bits per heavy atom. The molecule has 20 heavy (non-hydrogen) atoms. The Hall–Kier alpha value is -0.860. The van der Waals surface area contributed by atoms with Crippen molar-refractivity contribution in [3.8, 4) is 0 Å². The largest absolute Gasteiger partial charge is 0.312 e. The summed E-state index contributed by atoms with van der Waals surface area (Å²) in [7, 11) is 2.21. The zero-order valence-electron chi connectivity index (χ0n) is 14.1. The molecule has 0 spiro atoms. The van der Waals surface area contributed by atoms with Gasteiger partial charge in [-0.2, -0.15) is 0 Å². The first kappa shape index (κ1) is 17.2. The van der Waals surface area contributed by atoms with Crippen LogP contribution in [0.2, 0.25) is 0 Å². The lowest BCUT2D eigenvalue weighted by molar-refractivity contribution is 0.200. The lowest BCUT2D eigenvalue weighted by Crippen LogP contribution is -2.32. The van der Waals surface area contributed by atoms with Gasteiger partial charge in [-0.15, -0.1) is 0 Å². The van der Waals surface area contributed by atoms with E-state index in [4.69, 9.17) is 0 Å². The number of benzene rings is 1. The summed E-state index contributed by atoms with van der Waals surface area (Å²) >= 11 is 0. The molecule has 1 N–H and O–H groups in total. The summed E-state index contributed by atoms with van der Waals surface area (Å²) in [5.74, 6) is 1.40. The van der Waals surface area contributed by atoms with Gasteiger partial charge in [-0.05, 0) is 43.5 Å². The second-order valence-corrected chi connectivity index (χ2v) is 6.74. The van der Waals surface area contributed by atoms with Gasteiger partial charge in [0.2, 0.25) is 0 Å². The quantitative estimate of drug-likeness (QED) is 0.774. The van der Waals surface area contributed by atoms with E-state index in [1.54, 1.807) is 0 Å². The maximum absolute atomic E-state index is 3.48. The van der Waals surface area contributed by atoms with E-state index in [0.717, 1.165) is 19.6 Å². The maximum atomic E-state index is 3.48. The van der Waals surface area contributed by atoms with Gasteiger partial charge in [-0.3, -0.25) is 4.90 Å². The minimum Gasteiger partial charge on any atom is -0.312 e. The van der Waals surface area contributed by atoms with E-state index in [-0.39, 0.29) is 0 Å². The van der Waals surface area contributed by atoms with E-state index >= 15 is 0 Å². The Labute approximate surface area is 125 Å². The molecule has 0 saturated carbocycles. The van der Waals surface area contributed by atoms with Gasteiger partial charge in [0.05, 0.1) is 0 Å². The molecule has 0 aromatic heterocycles. The van der Waals surface area contributed by atoms with Crippen LogP contribution in [0.15, 0.2) is 24.3 Å². The van der Waals surface area contributed by atoms with E-state index < -0.39 is 0 Å². The van der Waals surface area contributed by atoms with E-state index in [9.17, 15) is 0 Å². The van der Waals surface area contributed by atoms with Crippen LogP contribution in [0.4, 0.5) is 0 Å². The minimum absolute atomic E-state index is 0.613. The maximum Gasteiger partial charge on any atom is 0.0233 e. The number of hydrogen-bond donors (Lipinski definition) is 1. The Balaban J connectivity index is 2.46. The molecule has 0 saturated heterocycles. The van der Waals surface area contributed by atoms with Gasteiger partial charge in [-0.25, -0.2) is 0 Å². The molecule has 1 rings (SSSR count). The predicted molar refractivity (Wildman–Crippen MR) is 88.8 cm³/mol. The van der Waals surface area contributed by atoms with Crippen LogP contribution in [-0.2, 0) is 13.1 Å². The van der Waals surface area contributed by atoms with Gasteiger partial charge in [0.25, 0.3) is 0 Å². The second-order valence-electron chi connectivity index (χ2n) is 6.74. The summed E-state index contributed by atoms with van der Waals surface area (Å²) < 4.78 is 0. The van der Waals surface area contributed by atoms with Crippen molar-refractivity contribution in [2.45, 2.75) is 53.8 Å². The summed E-state index contributed by atoms with van der Waals surface area (Å²) in [6, 6.07) is 9.63. The molecule has 0 heterocycles. The van der Waals surface area contributed by atoms with Gasteiger partial charge in [0, 0.05) is 19.1 Å². The molecule has 1 aromatic rings. The molecular formula is C18H32N2. The van der Waals surface area contributed by atoms with Crippen molar-refractivity contribution in [3.63, 3.8) is 0 Å². The third-order valence-corrected chi connectivity index (χ3v) is 4.00. The Morgan fingerprint density at radius 1 is 0.950 bits per heavy atom. The first-order valence-electron chi connectivity index (χ1n) is 7.89. The molecule has 2 nitrogen and oxygen atoms in total. The molecule has 0 bridgehead atoms. The summed E-state index contributed by atoms with van der Waals surface area (Å²) in [6.45, 7) is 14.4. The fraction of sp³-hybridized carbons (Fsp3) is 0.667. The van der Waals surface area contributed by atoms with Crippen LogP contribution < -0.4 is 5.32 Å². The fourth-order valence-electron chi connectivity index (χ4n) is 2.21. The van der Waals surface area contributed by atoms with Gasteiger partial charge >= 0.3 is 0 Å². The summed E-state index contributed by atoms with van der Waals surface area (Å²) in [5.41, 5.74) is 2.77. The molecule has 1 aromatic carbocycles.